The molecule has 19 heavy (non-hydrogen) atoms. The van der Waals surface area contributed by atoms with Gasteiger partial charge in [-0.15, -0.1) is 0 Å². The van der Waals surface area contributed by atoms with Gasteiger partial charge in [-0.1, -0.05) is 19.3 Å². The van der Waals surface area contributed by atoms with Gasteiger partial charge in [0.05, 0.1) is 11.9 Å². The number of nitrogens with zero attached hydrogens (tertiary/aromatic N) is 4. The standard InChI is InChI=1S/C13H19ClN4O/c1-17(2)11-8-15-13(14)16-12(11)18(9-19)10-6-4-3-5-7-10/h8-10H,3-7H2,1-2H3. The summed E-state index contributed by atoms with van der Waals surface area (Å²) in [7, 11) is 3.81. The second-order valence-corrected chi connectivity index (χ2v) is 5.38. The minimum atomic E-state index is 0.170. The third kappa shape index (κ3) is 3.15. The van der Waals surface area contributed by atoms with Crippen LogP contribution in [0.25, 0.3) is 0 Å². The van der Waals surface area contributed by atoms with Crippen molar-refractivity contribution in [3.05, 3.63) is 11.5 Å². The first-order chi connectivity index (χ1) is 9.13. The second-order valence-electron chi connectivity index (χ2n) is 5.05. The smallest absolute Gasteiger partial charge is 0.224 e. The molecule has 1 saturated carbocycles. The Morgan fingerprint density at radius 2 is 2.00 bits per heavy atom. The van der Waals surface area contributed by atoms with Crippen molar-refractivity contribution in [2.24, 2.45) is 0 Å². The topological polar surface area (TPSA) is 49.3 Å². The van der Waals surface area contributed by atoms with Crippen LogP contribution in [0.2, 0.25) is 5.28 Å². The molecule has 1 aromatic heterocycles. The Kier molecular flexibility index (Phi) is 4.58. The molecular formula is C13H19ClN4O. The monoisotopic (exact) mass is 282 g/mol. The van der Waals surface area contributed by atoms with E-state index in [4.69, 9.17) is 11.6 Å². The first-order valence-electron chi connectivity index (χ1n) is 6.57. The molecule has 0 aliphatic heterocycles. The molecule has 0 saturated heterocycles. The van der Waals surface area contributed by atoms with E-state index >= 15 is 0 Å². The fraction of sp³-hybridized carbons (Fsp3) is 0.615. The van der Waals surface area contributed by atoms with Gasteiger partial charge in [-0.25, -0.2) is 4.98 Å². The van der Waals surface area contributed by atoms with Gasteiger partial charge in [0.15, 0.2) is 5.82 Å². The van der Waals surface area contributed by atoms with Gasteiger partial charge in [0, 0.05) is 20.1 Å². The van der Waals surface area contributed by atoms with Crippen LogP contribution in [0.5, 0.6) is 0 Å². The van der Waals surface area contributed by atoms with E-state index in [1.165, 1.54) is 6.42 Å². The number of halogens is 1. The molecule has 1 heterocycles. The van der Waals surface area contributed by atoms with Crippen molar-refractivity contribution in [2.45, 2.75) is 38.1 Å². The van der Waals surface area contributed by atoms with Crippen molar-refractivity contribution in [3.8, 4) is 0 Å². The fourth-order valence-electron chi connectivity index (χ4n) is 2.52. The van der Waals surface area contributed by atoms with E-state index in [-0.39, 0.29) is 11.3 Å². The summed E-state index contributed by atoms with van der Waals surface area (Å²) >= 11 is 5.88. The Balaban J connectivity index is 2.35. The van der Waals surface area contributed by atoms with Crippen molar-refractivity contribution in [1.82, 2.24) is 9.97 Å². The number of hydrogen-bond acceptors (Lipinski definition) is 4. The molecule has 1 aliphatic carbocycles. The van der Waals surface area contributed by atoms with Gasteiger partial charge in [-0.2, -0.15) is 4.98 Å². The van der Waals surface area contributed by atoms with Gasteiger partial charge in [0.2, 0.25) is 11.7 Å². The predicted octanol–water partition coefficient (Wildman–Crippen LogP) is 2.49. The molecule has 104 valence electrons. The molecule has 1 amide bonds. The molecule has 0 N–H and O–H groups in total. The minimum absolute atomic E-state index is 0.170. The average Bonchev–Trinajstić information content (AvgIpc) is 2.40. The van der Waals surface area contributed by atoms with Crippen molar-refractivity contribution >= 4 is 29.5 Å². The molecule has 0 bridgehead atoms. The molecule has 0 spiro atoms. The lowest BCUT2D eigenvalue weighted by atomic mass is 9.94. The van der Waals surface area contributed by atoms with Crippen LogP contribution in [0.4, 0.5) is 11.5 Å². The highest BCUT2D eigenvalue weighted by Gasteiger charge is 2.25. The highest BCUT2D eigenvalue weighted by molar-refractivity contribution is 6.28. The minimum Gasteiger partial charge on any atom is -0.373 e. The number of carbonyl (C=O) groups is 1. The van der Waals surface area contributed by atoms with Crippen LogP contribution >= 0.6 is 11.6 Å². The van der Waals surface area contributed by atoms with E-state index in [0.29, 0.717) is 5.82 Å². The number of hydrogen-bond donors (Lipinski definition) is 0. The average molecular weight is 283 g/mol. The molecule has 0 atom stereocenters. The number of aromatic nitrogens is 2. The van der Waals surface area contributed by atoms with Crippen LogP contribution in [0, 0.1) is 0 Å². The lowest BCUT2D eigenvalue weighted by Crippen LogP contribution is -2.37. The summed E-state index contributed by atoms with van der Waals surface area (Å²) in [5, 5.41) is 0.170. The van der Waals surface area contributed by atoms with Gasteiger partial charge >= 0.3 is 0 Å². The van der Waals surface area contributed by atoms with Crippen LogP contribution in [0.15, 0.2) is 6.20 Å². The van der Waals surface area contributed by atoms with Crippen LogP contribution < -0.4 is 9.80 Å². The quantitative estimate of drug-likeness (QED) is 0.629. The molecule has 0 radical (unpaired) electrons. The maximum absolute atomic E-state index is 11.5. The second kappa shape index (κ2) is 6.19. The number of carbonyl (C=O) groups excluding carboxylic acids is 1. The van der Waals surface area contributed by atoms with Gasteiger partial charge in [0.25, 0.3) is 0 Å². The molecule has 1 aromatic rings. The van der Waals surface area contributed by atoms with Gasteiger partial charge in [0.1, 0.15) is 0 Å². The third-order valence-corrected chi connectivity index (χ3v) is 3.71. The van der Waals surface area contributed by atoms with E-state index < -0.39 is 0 Å². The number of amides is 1. The first kappa shape index (κ1) is 14.1. The Labute approximate surface area is 118 Å². The Morgan fingerprint density at radius 3 is 2.58 bits per heavy atom. The van der Waals surface area contributed by atoms with Crippen molar-refractivity contribution in [3.63, 3.8) is 0 Å². The molecule has 0 unspecified atom stereocenters. The van der Waals surface area contributed by atoms with E-state index in [0.717, 1.165) is 37.8 Å². The SMILES string of the molecule is CN(C)c1cnc(Cl)nc1N(C=O)C1CCCCC1. The lowest BCUT2D eigenvalue weighted by molar-refractivity contribution is -0.108. The van der Waals surface area contributed by atoms with E-state index in [1.54, 1.807) is 11.1 Å². The highest BCUT2D eigenvalue weighted by Crippen LogP contribution is 2.31. The number of anilines is 2. The van der Waals surface area contributed by atoms with Crippen molar-refractivity contribution < 1.29 is 4.79 Å². The van der Waals surface area contributed by atoms with Crippen LogP contribution in [0.3, 0.4) is 0 Å². The highest BCUT2D eigenvalue weighted by atomic mass is 35.5. The normalized spacial score (nSPS) is 16.2. The zero-order valence-corrected chi connectivity index (χ0v) is 12.1. The lowest BCUT2D eigenvalue weighted by Gasteiger charge is -2.32. The molecule has 5 nitrogen and oxygen atoms in total. The molecule has 0 aromatic carbocycles. The summed E-state index contributed by atoms with van der Waals surface area (Å²) in [5.41, 5.74) is 0.807. The van der Waals surface area contributed by atoms with Crippen LogP contribution in [-0.2, 0) is 4.79 Å². The zero-order chi connectivity index (χ0) is 13.8. The molecular weight excluding hydrogens is 264 g/mol. The fourth-order valence-corrected chi connectivity index (χ4v) is 2.65. The summed E-state index contributed by atoms with van der Waals surface area (Å²) in [6.45, 7) is 0. The van der Waals surface area contributed by atoms with Crippen LogP contribution in [0.1, 0.15) is 32.1 Å². The molecule has 1 fully saturated rings. The maximum atomic E-state index is 11.5. The zero-order valence-electron chi connectivity index (χ0n) is 11.3. The molecule has 6 heteroatoms. The Bertz CT molecular complexity index is 446. The maximum Gasteiger partial charge on any atom is 0.224 e. The largest absolute Gasteiger partial charge is 0.373 e. The predicted molar refractivity (Wildman–Crippen MR) is 76.8 cm³/mol. The Hall–Kier alpha value is -1.36. The third-order valence-electron chi connectivity index (χ3n) is 3.53. The first-order valence-corrected chi connectivity index (χ1v) is 6.94. The van der Waals surface area contributed by atoms with E-state index in [9.17, 15) is 4.79 Å². The number of rotatable bonds is 4. The van der Waals surface area contributed by atoms with Crippen molar-refractivity contribution in [1.29, 1.82) is 0 Å². The van der Waals surface area contributed by atoms with Gasteiger partial charge < -0.3 is 4.90 Å². The summed E-state index contributed by atoms with van der Waals surface area (Å²) in [6.07, 6.45) is 8.12. The molecule has 1 aliphatic rings. The summed E-state index contributed by atoms with van der Waals surface area (Å²) in [5.74, 6) is 0.604. The summed E-state index contributed by atoms with van der Waals surface area (Å²) < 4.78 is 0. The summed E-state index contributed by atoms with van der Waals surface area (Å²) in [4.78, 5) is 23.3. The van der Waals surface area contributed by atoms with Gasteiger partial charge in [-0.3, -0.25) is 9.69 Å². The van der Waals surface area contributed by atoms with E-state index in [1.807, 2.05) is 19.0 Å². The van der Waals surface area contributed by atoms with E-state index in [2.05, 4.69) is 9.97 Å². The van der Waals surface area contributed by atoms with Gasteiger partial charge in [-0.05, 0) is 24.4 Å². The summed E-state index contributed by atoms with van der Waals surface area (Å²) in [6, 6.07) is 0.218. The Morgan fingerprint density at radius 1 is 1.32 bits per heavy atom. The van der Waals surface area contributed by atoms with Crippen LogP contribution in [-0.4, -0.2) is 36.5 Å². The molecule has 2 rings (SSSR count). The van der Waals surface area contributed by atoms with Crippen molar-refractivity contribution in [2.75, 3.05) is 23.9 Å².